The Morgan fingerprint density at radius 2 is 2.14 bits per heavy atom. The van der Waals surface area contributed by atoms with Gasteiger partial charge in [-0.05, 0) is 24.6 Å². The predicted octanol–water partition coefficient (Wildman–Crippen LogP) is 3.35. The quantitative estimate of drug-likeness (QED) is 0.610. The van der Waals surface area contributed by atoms with E-state index < -0.39 is 0 Å². The zero-order valence-corrected chi connectivity index (χ0v) is 9.41. The van der Waals surface area contributed by atoms with Gasteiger partial charge in [0, 0.05) is 4.47 Å². The molecule has 0 saturated heterocycles. The SMILES string of the molecule is CCO/C=C(/C#N)c1ccc(Br)cc1. The molecule has 0 amide bonds. The third-order valence-corrected chi connectivity index (χ3v) is 2.17. The van der Waals surface area contributed by atoms with Gasteiger partial charge in [0.25, 0.3) is 0 Å². The van der Waals surface area contributed by atoms with Gasteiger partial charge in [-0.2, -0.15) is 5.26 Å². The Labute approximate surface area is 91.9 Å². The number of nitriles is 1. The zero-order valence-electron chi connectivity index (χ0n) is 7.83. The van der Waals surface area contributed by atoms with Gasteiger partial charge in [-0.3, -0.25) is 0 Å². The minimum absolute atomic E-state index is 0.541. The van der Waals surface area contributed by atoms with Crippen molar-refractivity contribution in [1.82, 2.24) is 0 Å². The average molecular weight is 252 g/mol. The number of benzene rings is 1. The van der Waals surface area contributed by atoms with Crippen molar-refractivity contribution in [3.63, 3.8) is 0 Å². The highest BCUT2D eigenvalue weighted by Gasteiger charge is 1.99. The van der Waals surface area contributed by atoms with Gasteiger partial charge in [0.05, 0.1) is 12.2 Å². The number of rotatable bonds is 3. The second kappa shape index (κ2) is 5.46. The van der Waals surface area contributed by atoms with E-state index in [2.05, 4.69) is 22.0 Å². The van der Waals surface area contributed by atoms with Gasteiger partial charge in [-0.1, -0.05) is 28.1 Å². The molecule has 0 heterocycles. The standard InChI is InChI=1S/C11H10BrNO/c1-2-14-8-10(7-13)9-3-5-11(12)6-4-9/h3-6,8H,2H2,1H3/b10-8-. The monoisotopic (exact) mass is 251 g/mol. The second-order valence-electron chi connectivity index (χ2n) is 2.61. The molecule has 0 radical (unpaired) electrons. The molecule has 2 nitrogen and oxygen atoms in total. The molecule has 0 fully saturated rings. The van der Waals surface area contributed by atoms with E-state index in [1.165, 1.54) is 6.26 Å². The topological polar surface area (TPSA) is 33.0 Å². The normalized spacial score (nSPS) is 10.8. The number of halogens is 1. The maximum Gasteiger partial charge on any atom is 0.103 e. The van der Waals surface area contributed by atoms with Crippen LogP contribution in [0.2, 0.25) is 0 Å². The van der Waals surface area contributed by atoms with Crippen LogP contribution in [0.4, 0.5) is 0 Å². The fraction of sp³-hybridized carbons (Fsp3) is 0.182. The van der Waals surface area contributed by atoms with Gasteiger partial charge in [-0.25, -0.2) is 0 Å². The summed E-state index contributed by atoms with van der Waals surface area (Å²) >= 11 is 3.34. The maximum absolute atomic E-state index is 8.87. The number of hydrogen-bond donors (Lipinski definition) is 0. The first kappa shape index (κ1) is 10.8. The Morgan fingerprint density at radius 1 is 1.50 bits per heavy atom. The molecule has 14 heavy (non-hydrogen) atoms. The fourth-order valence-corrected chi connectivity index (χ4v) is 1.22. The number of ether oxygens (including phenoxy) is 1. The van der Waals surface area contributed by atoms with Crippen LogP contribution < -0.4 is 0 Å². The van der Waals surface area contributed by atoms with E-state index in [4.69, 9.17) is 10.00 Å². The van der Waals surface area contributed by atoms with Crippen molar-refractivity contribution in [3.8, 4) is 6.07 Å². The molecule has 0 unspecified atom stereocenters. The lowest BCUT2D eigenvalue weighted by Crippen LogP contribution is -1.84. The molecule has 0 bridgehead atoms. The van der Waals surface area contributed by atoms with E-state index in [-0.39, 0.29) is 0 Å². The zero-order chi connectivity index (χ0) is 10.4. The highest BCUT2D eigenvalue weighted by Crippen LogP contribution is 2.17. The number of allylic oxidation sites excluding steroid dienone is 1. The van der Waals surface area contributed by atoms with Crippen LogP contribution in [0.1, 0.15) is 12.5 Å². The molecule has 0 atom stereocenters. The summed E-state index contributed by atoms with van der Waals surface area (Å²) in [6, 6.07) is 9.63. The van der Waals surface area contributed by atoms with Crippen molar-refractivity contribution in [2.75, 3.05) is 6.61 Å². The molecular weight excluding hydrogens is 242 g/mol. The van der Waals surface area contributed by atoms with Crippen LogP contribution in [-0.4, -0.2) is 6.61 Å². The van der Waals surface area contributed by atoms with E-state index in [1.807, 2.05) is 31.2 Å². The van der Waals surface area contributed by atoms with E-state index in [1.54, 1.807) is 0 Å². The van der Waals surface area contributed by atoms with Crippen LogP contribution in [0, 0.1) is 11.3 Å². The summed E-state index contributed by atoms with van der Waals surface area (Å²) in [5, 5.41) is 8.87. The van der Waals surface area contributed by atoms with Gasteiger partial charge in [-0.15, -0.1) is 0 Å². The molecule has 1 aromatic carbocycles. The van der Waals surface area contributed by atoms with E-state index in [0.29, 0.717) is 12.2 Å². The molecule has 0 aliphatic carbocycles. The lowest BCUT2D eigenvalue weighted by Gasteiger charge is -1.99. The van der Waals surface area contributed by atoms with Crippen molar-refractivity contribution in [2.45, 2.75) is 6.92 Å². The lowest BCUT2D eigenvalue weighted by atomic mass is 10.1. The Morgan fingerprint density at radius 3 is 2.64 bits per heavy atom. The summed E-state index contributed by atoms with van der Waals surface area (Å²) in [5.74, 6) is 0. The van der Waals surface area contributed by atoms with Crippen molar-refractivity contribution in [3.05, 3.63) is 40.6 Å². The molecule has 1 rings (SSSR count). The first-order chi connectivity index (χ1) is 6.77. The smallest absolute Gasteiger partial charge is 0.103 e. The number of nitrogens with zero attached hydrogens (tertiary/aromatic N) is 1. The minimum Gasteiger partial charge on any atom is -0.500 e. The summed E-state index contributed by atoms with van der Waals surface area (Å²) in [6.07, 6.45) is 1.49. The van der Waals surface area contributed by atoms with Crippen LogP contribution in [0.25, 0.3) is 5.57 Å². The first-order valence-corrected chi connectivity index (χ1v) is 5.05. The highest BCUT2D eigenvalue weighted by molar-refractivity contribution is 9.10. The second-order valence-corrected chi connectivity index (χ2v) is 3.52. The predicted molar refractivity (Wildman–Crippen MR) is 59.4 cm³/mol. The van der Waals surface area contributed by atoms with E-state index in [0.717, 1.165) is 10.0 Å². The van der Waals surface area contributed by atoms with Crippen molar-refractivity contribution >= 4 is 21.5 Å². The Bertz CT molecular complexity index is 362. The van der Waals surface area contributed by atoms with E-state index >= 15 is 0 Å². The van der Waals surface area contributed by atoms with Crippen LogP contribution in [0.15, 0.2) is 35.0 Å². The van der Waals surface area contributed by atoms with Gasteiger partial charge in [0.1, 0.15) is 12.3 Å². The molecule has 0 aliphatic rings. The molecule has 0 aromatic heterocycles. The van der Waals surface area contributed by atoms with Crippen LogP contribution in [0.5, 0.6) is 0 Å². The highest BCUT2D eigenvalue weighted by atomic mass is 79.9. The summed E-state index contributed by atoms with van der Waals surface area (Å²) < 4.78 is 6.07. The van der Waals surface area contributed by atoms with Crippen molar-refractivity contribution < 1.29 is 4.74 Å². The molecular formula is C11H10BrNO. The number of hydrogen-bond acceptors (Lipinski definition) is 2. The Balaban J connectivity index is 2.91. The Hall–Kier alpha value is -1.27. The third-order valence-electron chi connectivity index (χ3n) is 1.64. The van der Waals surface area contributed by atoms with Crippen molar-refractivity contribution in [2.24, 2.45) is 0 Å². The van der Waals surface area contributed by atoms with Gasteiger partial charge in [0.2, 0.25) is 0 Å². The molecule has 0 N–H and O–H groups in total. The molecule has 0 aliphatic heterocycles. The molecule has 0 saturated carbocycles. The fourth-order valence-electron chi connectivity index (χ4n) is 0.955. The summed E-state index contributed by atoms with van der Waals surface area (Å²) in [7, 11) is 0. The van der Waals surface area contributed by atoms with Gasteiger partial charge >= 0.3 is 0 Å². The maximum atomic E-state index is 8.87. The largest absolute Gasteiger partial charge is 0.500 e. The molecule has 3 heteroatoms. The third kappa shape index (κ3) is 2.90. The summed E-state index contributed by atoms with van der Waals surface area (Å²) in [5.41, 5.74) is 1.41. The first-order valence-electron chi connectivity index (χ1n) is 4.25. The van der Waals surface area contributed by atoms with Crippen LogP contribution in [0.3, 0.4) is 0 Å². The van der Waals surface area contributed by atoms with E-state index in [9.17, 15) is 0 Å². The van der Waals surface area contributed by atoms with Crippen LogP contribution >= 0.6 is 15.9 Å². The minimum atomic E-state index is 0.541. The van der Waals surface area contributed by atoms with Gasteiger partial charge < -0.3 is 4.74 Å². The van der Waals surface area contributed by atoms with Crippen molar-refractivity contribution in [1.29, 1.82) is 5.26 Å². The molecule has 1 aromatic rings. The average Bonchev–Trinajstić information content (AvgIpc) is 2.21. The summed E-state index contributed by atoms with van der Waals surface area (Å²) in [4.78, 5) is 0. The Kier molecular flexibility index (Phi) is 4.21. The summed E-state index contributed by atoms with van der Waals surface area (Å²) in [6.45, 7) is 2.45. The van der Waals surface area contributed by atoms with Gasteiger partial charge in [0.15, 0.2) is 0 Å². The van der Waals surface area contributed by atoms with Crippen LogP contribution in [-0.2, 0) is 4.74 Å². The lowest BCUT2D eigenvalue weighted by molar-refractivity contribution is 0.271. The molecule has 72 valence electrons. The molecule has 0 spiro atoms.